The standard InChI is InChI=1S/C21H22FN5O/c1-14(16-8-9-17(18(22)10-16)15-6-4-3-5-7-15)19-11-20(28-25-19)27-13-26(2)12-24-21(27)23/h3-11,14H,12-13H2,1-2H3,(H2,23,24). The van der Waals surface area contributed by atoms with E-state index in [0.717, 1.165) is 11.1 Å². The van der Waals surface area contributed by atoms with Crippen LogP contribution in [0.2, 0.25) is 0 Å². The first-order valence-corrected chi connectivity index (χ1v) is 9.10. The summed E-state index contributed by atoms with van der Waals surface area (Å²) in [6.45, 7) is 3.09. The summed E-state index contributed by atoms with van der Waals surface area (Å²) in [7, 11) is 1.94. The third-order valence-corrected chi connectivity index (χ3v) is 4.94. The van der Waals surface area contributed by atoms with Crippen molar-refractivity contribution in [3.05, 3.63) is 71.7 Å². The molecular formula is C21H22FN5O. The first-order chi connectivity index (χ1) is 13.5. The van der Waals surface area contributed by atoms with E-state index >= 15 is 0 Å². The second-order valence-electron chi connectivity index (χ2n) is 7.00. The van der Waals surface area contributed by atoms with Crippen LogP contribution in [0.15, 0.2) is 64.1 Å². The Labute approximate surface area is 163 Å². The summed E-state index contributed by atoms with van der Waals surface area (Å²) in [5.74, 6) is 0.536. The van der Waals surface area contributed by atoms with Gasteiger partial charge in [0.2, 0.25) is 11.8 Å². The lowest BCUT2D eigenvalue weighted by atomic mass is 9.95. The van der Waals surface area contributed by atoms with Crippen molar-refractivity contribution >= 4 is 11.8 Å². The molecule has 2 N–H and O–H groups in total. The monoisotopic (exact) mass is 379 g/mol. The number of benzene rings is 2. The van der Waals surface area contributed by atoms with E-state index in [2.05, 4.69) is 10.1 Å². The van der Waals surface area contributed by atoms with Gasteiger partial charge in [0.25, 0.3) is 0 Å². The predicted molar refractivity (Wildman–Crippen MR) is 107 cm³/mol. The van der Waals surface area contributed by atoms with Crippen molar-refractivity contribution in [1.29, 1.82) is 0 Å². The van der Waals surface area contributed by atoms with E-state index in [-0.39, 0.29) is 11.7 Å². The molecule has 2 heterocycles. The van der Waals surface area contributed by atoms with Gasteiger partial charge < -0.3 is 10.3 Å². The average molecular weight is 379 g/mol. The summed E-state index contributed by atoms with van der Waals surface area (Å²) in [6, 6.07) is 16.6. The third kappa shape index (κ3) is 3.48. The van der Waals surface area contributed by atoms with Crippen molar-refractivity contribution in [1.82, 2.24) is 10.1 Å². The lowest BCUT2D eigenvalue weighted by Crippen LogP contribution is -2.48. The summed E-state index contributed by atoms with van der Waals surface area (Å²) in [5.41, 5.74) is 8.95. The van der Waals surface area contributed by atoms with Crippen molar-refractivity contribution in [3.63, 3.8) is 0 Å². The van der Waals surface area contributed by atoms with E-state index in [9.17, 15) is 4.39 Å². The maximum atomic E-state index is 14.7. The van der Waals surface area contributed by atoms with Gasteiger partial charge in [-0.15, -0.1) is 0 Å². The average Bonchev–Trinajstić information content (AvgIpc) is 3.20. The van der Waals surface area contributed by atoms with Gasteiger partial charge in [-0.3, -0.25) is 9.80 Å². The van der Waals surface area contributed by atoms with Crippen LogP contribution < -0.4 is 10.6 Å². The Kier molecular flexibility index (Phi) is 4.83. The first-order valence-electron chi connectivity index (χ1n) is 9.10. The number of nitrogens with zero attached hydrogens (tertiary/aromatic N) is 4. The molecule has 1 atom stereocenters. The van der Waals surface area contributed by atoms with E-state index in [1.165, 1.54) is 0 Å². The molecule has 0 radical (unpaired) electrons. The van der Waals surface area contributed by atoms with E-state index in [0.29, 0.717) is 36.4 Å². The second kappa shape index (κ2) is 7.44. The minimum atomic E-state index is -0.256. The highest BCUT2D eigenvalue weighted by Crippen LogP contribution is 2.30. The molecule has 144 valence electrons. The number of rotatable bonds is 4. The van der Waals surface area contributed by atoms with Crippen molar-refractivity contribution < 1.29 is 8.91 Å². The lowest BCUT2D eigenvalue weighted by molar-refractivity contribution is 0.327. The summed E-state index contributed by atoms with van der Waals surface area (Å²) >= 11 is 0. The van der Waals surface area contributed by atoms with Gasteiger partial charge in [0, 0.05) is 17.5 Å². The summed E-state index contributed by atoms with van der Waals surface area (Å²) < 4.78 is 20.2. The zero-order valence-corrected chi connectivity index (χ0v) is 15.8. The van der Waals surface area contributed by atoms with Crippen LogP contribution in [-0.2, 0) is 0 Å². The zero-order valence-electron chi connectivity index (χ0n) is 15.8. The Hall–Kier alpha value is -3.19. The Bertz CT molecular complexity index is 1000. The molecule has 0 spiro atoms. The van der Waals surface area contributed by atoms with Crippen LogP contribution >= 0.6 is 0 Å². The van der Waals surface area contributed by atoms with Crippen molar-refractivity contribution in [2.45, 2.75) is 12.8 Å². The normalized spacial score (nSPS) is 16.1. The van der Waals surface area contributed by atoms with Gasteiger partial charge in [0.1, 0.15) is 5.82 Å². The van der Waals surface area contributed by atoms with Gasteiger partial charge in [-0.25, -0.2) is 9.38 Å². The molecule has 0 bridgehead atoms. The van der Waals surface area contributed by atoms with Crippen LogP contribution in [-0.4, -0.2) is 36.4 Å². The number of aromatic nitrogens is 1. The van der Waals surface area contributed by atoms with Gasteiger partial charge in [-0.05, 0) is 24.2 Å². The first kappa shape index (κ1) is 18.2. The maximum Gasteiger partial charge on any atom is 0.235 e. The van der Waals surface area contributed by atoms with Crippen LogP contribution in [0.1, 0.15) is 24.1 Å². The zero-order chi connectivity index (χ0) is 19.7. The molecule has 6 nitrogen and oxygen atoms in total. The lowest BCUT2D eigenvalue weighted by Gasteiger charge is -2.29. The van der Waals surface area contributed by atoms with Crippen molar-refractivity contribution in [2.75, 3.05) is 25.3 Å². The molecule has 1 unspecified atom stereocenters. The largest absolute Gasteiger partial charge is 0.369 e. The quantitative estimate of drug-likeness (QED) is 0.750. The van der Waals surface area contributed by atoms with Gasteiger partial charge in [-0.2, -0.15) is 0 Å². The maximum absolute atomic E-state index is 14.7. The summed E-state index contributed by atoms with van der Waals surface area (Å²) in [6.07, 6.45) is 0. The van der Waals surface area contributed by atoms with Gasteiger partial charge in [-0.1, -0.05) is 54.5 Å². The Balaban J connectivity index is 1.58. The highest BCUT2D eigenvalue weighted by atomic mass is 19.1. The Morgan fingerprint density at radius 2 is 1.93 bits per heavy atom. The molecule has 3 aromatic rings. The highest BCUT2D eigenvalue weighted by Gasteiger charge is 2.23. The highest BCUT2D eigenvalue weighted by molar-refractivity contribution is 5.93. The fourth-order valence-electron chi connectivity index (χ4n) is 3.25. The molecule has 0 amide bonds. The summed E-state index contributed by atoms with van der Waals surface area (Å²) in [4.78, 5) is 8.00. The Morgan fingerprint density at radius 1 is 1.14 bits per heavy atom. The molecule has 0 fully saturated rings. The van der Waals surface area contributed by atoms with E-state index in [1.54, 1.807) is 11.0 Å². The van der Waals surface area contributed by atoms with E-state index in [1.807, 2.05) is 67.4 Å². The SMILES string of the molecule is CC(c1ccc(-c2ccccc2)c(F)c1)c1cc(N2CN(C)CN=C2N)on1. The molecule has 1 aromatic heterocycles. The number of hydrogen-bond acceptors (Lipinski definition) is 6. The van der Waals surface area contributed by atoms with Gasteiger partial charge in [0.15, 0.2) is 0 Å². The summed E-state index contributed by atoms with van der Waals surface area (Å²) in [5, 5.41) is 4.17. The van der Waals surface area contributed by atoms with Gasteiger partial charge >= 0.3 is 0 Å². The second-order valence-corrected chi connectivity index (χ2v) is 7.00. The number of anilines is 1. The molecule has 0 aliphatic carbocycles. The molecule has 0 saturated carbocycles. The topological polar surface area (TPSA) is 70.9 Å². The fraction of sp³-hybridized carbons (Fsp3) is 0.238. The van der Waals surface area contributed by atoms with Crippen LogP contribution in [0, 0.1) is 5.82 Å². The minimum absolute atomic E-state index is 0.127. The third-order valence-electron chi connectivity index (χ3n) is 4.94. The molecule has 1 aliphatic heterocycles. The van der Waals surface area contributed by atoms with Crippen LogP contribution in [0.5, 0.6) is 0 Å². The molecule has 7 heteroatoms. The van der Waals surface area contributed by atoms with Crippen LogP contribution in [0.25, 0.3) is 11.1 Å². The minimum Gasteiger partial charge on any atom is -0.369 e. The number of aliphatic imine (C=N–C) groups is 1. The van der Waals surface area contributed by atoms with Crippen molar-refractivity contribution in [2.24, 2.45) is 10.7 Å². The Morgan fingerprint density at radius 3 is 2.68 bits per heavy atom. The smallest absolute Gasteiger partial charge is 0.235 e. The molecule has 28 heavy (non-hydrogen) atoms. The molecular weight excluding hydrogens is 357 g/mol. The number of guanidine groups is 1. The van der Waals surface area contributed by atoms with Gasteiger partial charge in [0.05, 0.1) is 19.0 Å². The number of nitrogens with two attached hydrogens (primary N) is 1. The predicted octanol–water partition coefficient (Wildman–Crippen LogP) is 3.61. The molecule has 1 aliphatic rings. The van der Waals surface area contributed by atoms with Crippen LogP contribution in [0.3, 0.4) is 0 Å². The molecule has 0 saturated heterocycles. The van der Waals surface area contributed by atoms with E-state index < -0.39 is 0 Å². The van der Waals surface area contributed by atoms with E-state index in [4.69, 9.17) is 10.3 Å². The van der Waals surface area contributed by atoms with Crippen molar-refractivity contribution in [3.8, 4) is 11.1 Å². The molecule has 2 aromatic carbocycles. The fourth-order valence-corrected chi connectivity index (χ4v) is 3.25. The molecule has 4 rings (SSSR count). The number of hydrogen-bond donors (Lipinski definition) is 1. The number of halogens is 1. The van der Waals surface area contributed by atoms with Crippen LogP contribution in [0.4, 0.5) is 10.3 Å².